The van der Waals surface area contributed by atoms with E-state index in [9.17, 15) is 14.7 Å². The SMILES string of the molecule is CN(Cc1ccccc1)C[C@H]1C[C@@H](c2ccc(CO)cc2)O[C@@H](c2cccc(NC(=O)CCCCC(=O)O)c2)O1. The molecule has 3 N–H and O–H groups in total. The highest BCUT2D eigenvalue weighted by Gasteiger charge is 2.33. The van der Waals surface area contributed by atoms with Crippen LogP contribution >= 0.6 is 0 Å². The molecule has 4 rings (SSSR count). The molecule has 0 saturated carbocycles. The molecule has 3 aromatic carbocycles. The molecule has 1 fully saturated rings. The van der Waals surface area contributed by atoms with Crippen LogP contribution in [0.3, 0.4) is 0 Å². The van der Waals surface area contributed by atoms with Gasteiger partial charge in [-0.15, -0.1) is 0 Å². The fraction of sp³-hybridized carbons (Fsp3) is 0.375. The summed E-state index contributed by atoms with van der Waals surface area (Å²) in [5.41, 5.74) is 4.54. The summed E-state index contributed by atoms with van der Waals surface area (Å²) in [6.45, 7) is 1.51. The molecule has 1 heterocycles. The molecule has 0 aliphatic carbocycles. The number of anilines is 1. The Hall–Kier alpha value is -3.56. The van der Waals surface area contributed by atoms with Crippen LogP contribution in [-0.2, 0) is 32.2 Å². The number of carbonyl (C=O) groups excluding carboxylic acids is 1. The quantitative estimate of drug-likeness (QED) is 0.245. The van der Waals surface area contributed by atoms with Crippen molar-refractivity contribution in [2.75, 3.05) is 18.9 Å². The smallest absolute Gasteiger partial charge is 0.303 e. The molecule has 1 aliphatic rings. The molecule has 0 unspecified atom stereocenters. The average molecular weight is 547 g/mol. The number of nitrogens with zero attached hydrogens (tertiary/aromatic N) is 1. The van der Waals surface area contributed by atoms with Crippen molar-refractivity contribution >= 4 is 17.6 Å². The molecule has 3 atom stereocenters. The summed E-state index contributed by atoms with van der Waals surface area (Å²) >= 11 is 0. The molecule has 1 saturated heterocycles. The fourth-order valence-electron chi connectivity index (χ4n) is 4.89. The van der Waals surface area contributed by atoms with Gasteiger partial charge in [-0.2, -0.15) is 0 Å². The number of benzene rings is 3. The Morgan fingerprint density at radius 1 is 0.900 bits per heavy atom. The van der Waals surface area contributed by atoms with Crippen molar-refractivity contribution in [2.45, 2.75) is 63.8 Å². The van der Waals surface area contributed by atoms with Gasteiger partial charge < -0.3 is 25.0 Å². The summed E-state index contributed by atoms with van der Waals surface area (Å²) < 4.78 is 12.9. The van der Waals surface area contributed by atoms with E-state index in [-0.39, 0.29) is 37.6 Å². The normalized spacial score (nSPS) is 18.9. The maximum absolute atomic E-state index is 12.4. The molecule has 0 bridgehead atoms. The number of likely N-dealkylation sites (N-methyl/N-ethyl adjacent to an activating group) is 1. The minimum atomic E-state index is -0.854. The number of nitrogens with one attached hydrogen (secondary N) is 1. The number of aliphatic hydroxyl groups is 1. The minimum absolute atomic E-state index is 0.0114. The fourth-order valence-corrected chi connectivity index (χ4v) is 4.89. The molecule has 0 spiro atoms. The lowest BCUT2D eigenvalue weighted by molar-refractivity contribution is -0.252. The second-order valence-electron chi connectivity index (χ2n) is 10.3. The number of rotatable bonds is 13. The van der Waals surface area contributed by atoms with E-state index in [2.05, 4.69) is 29.4 Å². The van der Waals surface area contributed by atoms with Gasteiger partial charge in [-0.25, -0.2) is 0 Å². The van der Waals surface area contributed by atoms with Crippen LogP contribution in [0.4, 0.5) is 5.69 Å². The van der Waals surface area contributed by atoms with E-state index in [0.717, 1.165) is 23.2 Å². The first-order chi connectivity index (χ1) is 19.4. The van der Waals surface area contributed by atoms with Crippen molar-refractivity contribution in [1.82, 2.24) is 4.90 Å². The minimum Gasteiger partial charge on any atom is -0.481 e. The van der Waals surface area contributed by atoms with Gasteiger partial charge in [0.05, 0.1) is 18.8 Å². The summed E-state index contributed by atoms with van der Waals surface area (Å²) in [6, 6.07) is 25.6. The standard InChI is InChI=1S/C32H38N2O6/c1-34(20-23-8-3-2-4-9-23)21-28-19-29(25-16-14-24(22-35)15-17-25)40-32(39-28)26-10-7-11-27(18-26)33-30(36)12-5-6-13-31(37)38/h2-4,7-11,14-18,28-29,32,35H,5-6,12-13,19-22H2,1H3,(H,33,36)(H,37,38)/t28-,29+,32+/m1/s1. The summed E-state index contributed by atoms with van der Waals surface area (Å²) in [5, 5.41) is 21.1. The summed E-state index contributed by atoms with van der Waals surface area (Å²) in [4.78, 5) is 25.4. The first-order valence-corrected chi connectivity index (χ1v) is 13.7. The largest absolute Gasteiger partial charge is 0.481 e. The predicted octanol–water partition coefficient (Wildman–Crippen LogP) is 5.44. The number of amides is 1. The Labute approximate surface area is 235 Å². The number of hydrogen-bond donors (Lipinski definition) is 3. The average Bonchev–Trinajstić information content (AvgIpc) is 2.96. The topological polar surface area (TPSA) is 108 Å². The molecule has 8 heteroatoms. The molecular weight excluding hydrogens is 508 g/mol. The third-order valence-electron chi connectivity index (χ3n) is 6.91. The first kappa shape index (κ1) is 29.4. The van der Waals surface area contributed by atoms with Gasteiger partial charge >= 0.3 is 5.97 Å². The van der Waals surface area contributed by atoms with Crippen LogP contribution in [0.1, 0.15) is 66.8 Å². The lowest BCUT2D eigenvalue weighted by Crippen LogP contribution is -2.37. The number of aliphatic hydroxyl groups excluding tert-OH is 1. The van der Waals surface area contributed by atoms with Gasteiger partial charge in [0.1, 0.15) is 0 Å². The number of aliphatic carboxylic acids is 1. The van der Waals surface area contributed by atoms with E-state index in [0.29, 0.717) is 31.5 Å². The zero-order valence-electron chi connectivity index (χ0n) is 22.9. The lowest BCUT2D eigenvalue weighted by Gasteiger charge is -2.38. The van der Waals surface area contributed by atoms with Gasteiger partial charge in [0.15, 0.2) is 6.29 Å². The van der Waals surface area contributed by atoms with Crippen LogP contribution in [0.25, 0.3) is 0 Å². The molecule has 8 nitrogen and oxygen atoms in total. The van der Waals surface area contributed by atoms with Crippen molar-refractivity contribution < 1.29 is 29.3 Å². The van der Waals surface area contributed by atoms with Crippen molar-refractivity contribution in [3.8, 4) is 0 Å². The number of carbonyl (C=O) groups is 2. The van der Waals surface area contributed by atoms with Crippen molar-refractivity contribution in [1.29, 1.82) is 0 Å². The Kier molecular flexibility index (Phi) is 10.8. The molecule has 1 amide bonds. The van der Waals surface area contributed by atoms with Gasteiger partial charge in [-0.05, 0) is 48.7 Å². The Morgan fingerprint density at radius 2 is 1.65 bits per heavy atom. The van der Waals surface area contributed by atoms with E-state index in [1.807, 2.05) is 66.7 Å². The van der Waals surface area contributed by atoms with Gasteiger partial charge in [0.25, 0.3) is 0 Å². The second kappa shape index (κ2) is 14.7. The molecule has 212 valence electrons. The zero-order chi connectivity index (χ0) is 28.3. The first-order valence-electron chi connectivity index (χ1n) is 13.7. The van der Waals surface area contributed by atoms with Crippen LogP contribution in [-0.4, -0.2) is 46.7 Å². The van der Waals surface area contributed by atoms with E-state index >= 15 is 0 Å². The summed E-state index contributed by atoms with van der Waals surface area (Å²) in [6.07, 6.45) is 1.06. The van der Waals surface area contributed by atoms with Crippen LogP contribution in [0.5, 0.6) is 0 Å². The monoisotopic (exact) mass is 546 g/mol. The molecule has 0 aromatic heterocycles. The van der Waals surface area contributed by atoms with Gasteiger partial charge in [0, 0.05) is 43.6 Å². The van der Waals surface area contributed by atoms with Gasteiger partial charge in [-0.3, -0.25) is 14.5 Å². The number of hydrogen-bond acceptors (Lipinski definition) is 6. The van der Waals surface area contributed by atoms with Crippen LogP contribution in [0.15, 0.2) is 78.9 Å². The maximum Gasteiger partial charge on any atom is 0.303 e. The molecule has 40 heavy (non-hydrogen) atoms. The van der Waals surface area contributed by atoms with Crippen molar-refractivity contribution in [3.63, 3.8) is 0 Å². The van der Waals surface area contributed by atoms with Crippen LogP contribution in [0.2, 0.25) is 0 Å². The van der Waals surface area contributed by atoms with Crippen molar-refractivity contribution in [2.24, 2.45) is 0 Å². The summed E-state index contributed by atoms with van der Waals surface area (Å²) in [7, 11) is 2.08. The Morgan fingerprint density at radius 3 is 2.38 bits per heavy atom. The van der Waals surface area contributed by atoms with E-state index in [4.69, 9.17) is 14.6 Å². The number of ether oxygens (including phenoxy) is 2. The highest BCUT2D eigenvalue weighted by atomic mass is 16.7. The zero-order valence-corrected chi connectivity index (χ0v) is 22.9. The van der Waals surface area contributed by atoms with Crippen LogP contribution < -0.4 is 5.32 Å². The lowest BCUT2D eigenvalue weighted by atomic mass is 9.99. The van der Waals surface area contributed by atoms with Gasteiger partial charge in [0.2, 0.25) is 5.91 Å². The molecule has 1 aliphatic heterocycles. The number of carboxylic acids is 1. The second-order valence-corrected chi connectivity index (χ2v) is 10.3. The molecule has 0 radical (unpaired) electrons. The predicted molar refractivity (Wildman–Crippen MR) is 152 cm³/mol. The number of carboxylic acid groups (broad SMARTS) is 1. The third kappa shape index (κ3) is 8.99. The third-order valence-corrected chi connectivity index (χ3v) is 6.91. The Bertz CT molecular complexity index is 1230. The number of unbranched alkanes of at least 4 members (excludes halogenated alkanes) is 1. The van der Waals surface area contributed by atoms with Crippen LogP contribution in [0, 0.1) is 0 Å². The van der Waals surface area contributed by atoms with E-state index in [1.54, 1.807) is 0 Å². The highest BCUT2D eigenvalue weighted by molar-refractivity contribution is 5.90. The highest BCUT2D eigenvalue weighted by Crippen LogP contribution is 2.38. The van der Waals surface area contributed by atoms with E-state index in [1.165, 1.54) is 5.56 Å². The van der Waals surface area contributed by atoms with Gasteiger partial charge in [-0.1, -0.05) is 66.7 Å². The Balaban J connectivity index is 1.46. The van der Waals surface area contributed by atoms with E-state index < -0.39 is 12.3 Å². The van der Waals surface area contributed by atoms with Crippen molar-refractivity contribution in [3.05, 3.63) is 101 Å². The molecular formula is C32H38N2O6. The maximum atomic E-state index is 12.4. The molecule has 3 aromatic rings. The summed E-state index contributed by atoms with van der Waals surface area (Å²) in [5.74, 6) is -1.01.